The number of nitrogens with zero attached hydrogens (tertiary/aromatic N) is 4. The first-order chi connectivity index (χ1) is 13.0. The van der Waals surface area contributed by atoms with E-state index in [0.717, 1.165) is 44.3 Å². The fourth-order valence-electron chi connectivity index (χ4n) is 3.72. The summed E-state index contributed by atoms with van der Waals surface area (Å²) in [7, 11) is 0. The fraction of sp³-hybridized carbons (Fsp3) is 0.684. The van der Waals surface area contributed by atoms with Gasteiger partial charge in [-0.2, -0.15) is 0 Å². The van der Waals surface area contributed by atoms with Crippen molar-refractivity contribution in [3.8, 4) is 0 Å². The maximum absolute atomic E-state index is 13.1. The summed E-state index contributed by atoms with van der Waals surface area (Å²) in [5.74, 6) is 0.0662. The lowest BCUT2D eigenvalue weighted by atomic mass is 10.1. The third kappa shape index (κ3) is 4.14. The largest absolute Gasteiger partial charge is 0.351 e. The molecule has 1 saturated heterocycles. The summed E-state index contributed by atoms with van der Waals surface area (Å²) in [5, 5.41) is 2.92. The third-order valence-electron chi connectivity index (χ3n) is 5.35. The van der Waals surface area contributed by atoms with Crippen LogP contribution >= 0.6 is 0 Å². The lowest BCUT2D eigenvalue weighted by molar-refractivity contribution is -0.130. The molecule has 0 unspecified atom stereocenters. The molecule has 1 N–H and O–H groups in total. The number of carbonyl (C=O) groups excluding carboxylic acids is 3. The van der Waals surface area contributed by atoms with Gasteiger partial charge in [0.25, 0.3) is 11.8 Å². The monoisotopic (exact) mass is 375 g/mol. The molecule has 8 heteroatoms. The number of fused-ring (bicyclic) bond motifs is 1. The van der Waals surface area contributed by atoms with E-state index in [-0.39, 0.29) is 17.7 Å². The number of carbonyl (C=O) groups is 3. The first-order valence-corrected chi connectivity index (χ1v) is 9.95. The van der Waals surface area contributed by atoms with E-state index in [2.05, 4.69) is 17.2 Å². The van der Waals surface area contributed by atoms with Crippen LogP contribution in [0.1, 0.15) is 66.3 Å². The number of piperazine rings is 1. The molecule has 148 valence electrons. The zero-order valence-electron chi connectivity index (χ0n) is 16.3. The summed E-state index contributed by atoms with van der Waals surface area (Å²) in [6, 6.07) is 0. The van der Waals surface area contributed by atoms with Gasteiger partial charge in [0.2, 0.25) is 5.91 Å². The Balaban J connectivity index is 1.78. The summed E-state index contributed by atoms with van der Waals surface area (Å²) in [6.07, 6.45) is 4.70. The standard InChI is InChI=1S/C19H29N5O3/c1-3-4-8-20-18(26)16-15-7-5-6-9-24(15)17(21-16)19(27)23-12-10-22(11-13-23)14(2)25/h3-13H2,1-2H3,(H,20,26). The van der Waals surface area contributed by atoms with Gasteiger partial charge in [-0.05, 0) is 25.7 Å². The zero-order chi connectivity index (χ0) is 19.4. The molecular formula is C19H29N5O3. The molecule has 1 fully saturated rings. The van der Waals surface area contributed by atoms with Gasteiger partial charge in [0.1, 0.15) is 5.69 Å². The van der Waals surface area contributed by atoms with Gasteiger partial charge in [0.05, 0.1) is 5.69 Å². The molecule has 0 spiro atoms. The van der Waals surface area contributed by atoms with E-state index in [0.29, 0.717) is 44.2 Å². The molecule has 0 radical (unpaired) electrons. The molecule has 3 rings (SSSR count). The first-order valence-electron chi connectivity index (χ1n) is 9.95. The zero-order valence-corrected chi connectivity index (χ0v) is 16.3. The molecule has 27 heavy (non-hydrogen) atoms. The van der Waals surface area contributed by atoms with Gasteiger partial charge in [0.15, 0.2) is 5.82 Å². The molecule has 8 nitrogen and oxygen atoms in total. The summed E-state index contributed by atoms with van der Waals surface area (Å²) in [6.45, 7) is 7.05. The second-order valence-corrected chi connectivity index (χ2v) is 7.25. The van der Waals surface area contributed by atoms with Gasteiger partial charge >= 0.3 is 0 Å². The fourth-order valence-corrected chi connectivity index (χ4v) is 3.72. The van der Waals surface area contributed by atoms with Crippen molar-refractivity contribution in [1.82, 2.24) is 24.7 Å². The highest BCUT2D eigenvalue weighted by Gasteiger charge is 2.31. The topological polar surface area (TPSA) is 87.5 Å². The van der Waals surface area contributed by atoms with Gasteiger partial charge in [-0.25, -0.2) is 4.98 Å². The maximum Gasteiger partial charge on any atom is 0.290 e. The smallest absolute Gasteiger partial charge is 0.290 e. The summed E-state index contributed by atoms with van der Waals surface area (Å²) in [4.78, 5) is 45.1. The Kier molecular flexibility index (Phi) is 6.13. The van der Waals surface area contributed by atoms with Crippen LogP contribution in [0.5, 0.6) is 0 Å². The van der Waals surface area contributed by atoms with Crippen molar-refractivity contribution in [3.05, 3.63) is 17.2 Å². The Morgan fingerprint density at radius 2 is 1.74 bits per heavy atom. The van der Waals surface area contributed by atoms with Gasteiger partial charge in [-0.1, -0.05) is 13.3 Å². The second-order valence-electron chi connectivity index (χ2n) is 7.25. The average molecular weight is 375 g/mol. The second kappa shape index (κ2) is 8.54. The van der Waals surface area contributed by atoms with Crippen LogP contribution in [0, 0.1) is 0 Å². The Labute approximate surface area is 159 Å². The van der Waals surface area contributed by atoms with Crippen molar-refractivity contribution in [1.29, 1.82) is 0 Å². The Morgan fingerprint density at radius 3 is 2.41 bits per heavy atom. The summed E-state index contributed by atoms with van der Waals surface area (Å²) in [5.41, 5.74) is 1.28. The highest BCUT2D eigenvalue weighted by atomic mass is 16.2. The number of hydrogen-bond donors (Lipinski definition) is 1. The van der Waals surface area contributed by atoms with Crippen molar-refractivity contribution < 1.29 is 14.4 Å². The molecule has 1 aromatic heterocycles. The maximum atomic E-state index is 13.1. The molecule has 0 saturated carbocycles. The number of rotatable bonds is 5. The predicted molar refractivity (Wildman–Crippen MR) is 101 cm³/mol. The summed E-state index contributed by atoms with van der Waals surface area (Å²) < 4.78 is 1.93. The SMILES string of the molecule is CCCCNC(=O)c1nc(C(=O)N2CCN(C(C)=O)CC2)n2c1CCCC2. The number of imidazole rings is 1. The third-order valence-corrected chi connectivity index (χ3v) is 5.35. The van der Waals surface area contributed by atoms with E-state index in [1.165, 1.54) is 0 Å². The molecule has 1 aromatic rings. The number of aromatic nitrogens is 2. The Hall–Kier alpha value is -2.38. The van der Waals surface area contributed by atoms with Crippen molar-refractivity contribution >= 4 is 17.7 Å². The van der Waals surface area contributed by atoms with Crippen LogP contribution in [0.25, 0.3) is 0 Å². The van der Waals surface area contributed by atoms with Crippen molar-refractivity contribution in [2.45, 2.75) is 52.5 Å². The van der Waals surface area contributed by atoms with Crippen LogP contribution < -0.4 is 5.32 Å². The van der Waals surface area contributed by atoms with Crippen LogP contribution in [-0.2, 0) is 17.8 Å². The van der Waals surface area contributed by atoms with E-state index in [1.54, 1.807) is 16.7 Å². The minimum atomic E-state index is -0.186. The lowest BCUT2D eigenvalue weighted by Crippen LogP contribution is -2.50. The van der Waals surface area contributed by atoms with Crippen LogP contribution in [-0.4, -0.2) is 69.8 Å². The Morgan fingerprint density at radius 1 is 1.04 bits per heavy atom. The quantitative estimate of drug-likeness (QED) is 0.780. The highest BCUT2D eigenvalue weighted by molar-refractivity contribution is 5.97. The van der Waals surface area contributed by atoms with E-state index in [4.69, 9.17) is 0 Å². The Bertz CT molecular complexity index is 719. The predicted octanol–water partition coefficient (Wildman–Crippen LogP) is 1.05. The number of amides is 3. The average Bonchev–Trinajstić information content (AvgIpc) is 3.07. The van der Waals surface area contributed by atoms with Gasteiger partial charge < -0.3 is 19.7 Å². The lowest BCUT2D eigenvalue weighted by Gasteiger charge is -2.34. The molecule has 0 bridgehead atoms. The minimum Gasteiger partial charge on any atom is -0.351 e. The van der Waals surface area contributed by atoms with Gasteiger partial charge in [-0.3, -0.25) is 14.4 Å². The molecule has 3 amide bonds. The molecule has 0 aromatic carbocycles. The van der Waals surface area contributed by atoms with Crippen molar-refractivity contribution in [2.75, 3.05) is 32.7 Å². The van der Waals surface area contributed by atoms with Gasteiger partial charge in [-0.15, -0.1) is 0 Å². The van der Waals surface area contributed by atoms with E-state index < -0.39 is 0 Å². The number of hydrogen-bond acceptors (Lipinski definition) is 4. The van der Waals surface area contributed by atoms with Crippen molar-refractivity contribution in [3.63, 3.8) is 0 Å². The van der Waals surface area contributed by atoms with Crippen LogP contribution in [0.15, 0.2) is 0 Å². The van der Waals surface area contributed by atoms with E-state index >= 15 is 0 Å². The van der Waals surface area contributed by atoms with E-state index in [1.807, 2.05) is 4.57 Å². The van der Waals surface area contributed by atoms with Crippen LogP contribution in [0.3, 0.4) is 0 Å². The molecule has 0 aliphatic carbocycles. The van der Waals surface area contributed by atoms with Gasteiger partial charge in [0, 0.05) is 46.2 Å². The highest BCUT2D eigenvalue weighted by Crippen LogP contribution is 2.22. The number of unbranched alkanes of at least 4 members (excludes halogenated alkanes) is 1. The van der Waals surface area contributed by atoms with Crippen LogP contribution in [0.4, 0.5) is 0 Å². The molecule has 2 aliphatic heterocycles. The normalized spacial score (nSPS) is 16.8. The summed E-state index contributed by atoms with van der Waals surface area (Å²) >= 11 is 0. The van der Waals surface area contributed by atoms with Crippen molar-refractivity contribution in [2.24, 2.45) is 0 Å². The number of nitrogens with one attached hydrogen (secondary N) is 1. The molecule has 0 atom stereocenters. The molecule has 3 heterocycles. The minimum absolute atomic E-state index is 0.0336. The first kappa shape index (κ1) is 19.4. The van der Waals surface area contributed by atoms with Crippen LogP contribution in [0.2, 0.25) is 0 Å². The molecule has 2 aliphatic rings. The van der Waals surface area contributed by atoms with E-state index in [9.17, 15) is 14.4 Å². The molecular weight excluding hydrogens is 346 g/mol.